The van der Waals surface area contributed by atoms with Gasteiger partial charge in [0.15, 0.2) is 0 Å². The maximum atomic E-state index is 12.9. The number of piperazine rings is 1. The smallest absolute Gasteiger partial charge is 0.272 e. The minimum atomic E-state index is -0.0177. The van der Waals surface area contributed by atoms with Crippen LogP contribution in [0.2, 0.25) is 0 Å². The van der Waals surface area contributed by atoms with Gasteiger partial charge in [0.1, 0.15) is 11.4 Å². The van der Waals surface area contributed by atoms with Crippen LogP contribution in [0.15, 0.2) is 42.6 Å². The highest BCUT2D eigenvalue weighted by molar-refractivity contribution is 5.93. The van der Waals surface area contributed by atoms with E-state index in [9.17, 15) is 4.79 Å². The molecule has 0 bridgehead atoms. The van der Waals surface area contributed by atoms with Gasteiger partial charge in [-0.1, -0.05) is 12.1 Å². The number of aromatic nitrogens is 1. The zero-order chi connectivity index (χ0) is 19.9. The Kier molecular flexibility index (Phi) is 6.71. The summed E-state index contributed by atoms with van der Waals surface area (Å²) in [7, 11) is 5.76. The first-order valence-electron chi connectivity index (χ1n) is 9.60. The molecule has 1 aromatic heterocycles. The monoisotopic (exact) mass is 383 g/mol. The van der Waals surface area contributed by atoms with E-state index < -0.39 is 0 Å². The highest BCUT2D eigenvalue weighted by atomic mass is 16.5. The Morgan fingerprint density at radius 1 is 1.18 bits per heavy atom. The molecule has 2 heterocycles. The number of nitrogens with one attached hydrogen (secondary N) is 1. The van der Waals surface area contributed by atoms with Crippen LogP contribution >= 0.6 is 0 Å². The molecule has 7 heteroatoms. The fourth-order valence-corrected chi connectivity index (χ4v) is 3.28. The van der Waals surface area contributed by atoms with Crippen LogP contribution in [0.5, 0.6) is 5.75 Å². The van der Waals surface area contributed by atoms with E-state index in [2.05, 4.69) is 26.2 Å². The number of para-hydroxylation sites is 2. The number of pyridine rings is 1. The highest BCUT2D eigenvalue weighted by Crippen LogP contribution is 2.28. The standard InChI is InChI=1S/C21H29N5O2/c1-24(2)11-10-22-17-8-9-23-18(16-17)21(27)26-14-12-25(13-15-26)19-6-4-5-7-20(19)28-3/h4-9,16H,10-15H2,1-3H3,(H,22,23). The first kappa shape index (κ1) is 19.9. The number of ether oxygens (including phenoxy) is 1. The summed E-state index contributed by atoms with van der Waals surface area (Å²) in [5.41, 5.74) is 2.48. The summed E-state index contributed by atoms with van der Waals surface area (Å²) in [6.07, 6.45) is 1.69. The van der Waals surface area contributed by atoms with E-state index in [1.807, 2.05) is 49.3 Å². The minimum absolute atomic E-state index is 0.0177. The van der Waals surface area contributed by atoms with Gasteiger partial charge in [0.25, 0.3) is 5.91 Å². The molecule has 150 valence electrons. The molecule has 0 atom stereocenters. The largest absolute Gasteiger partial charge is 0.495 e. The van der Waals surface area contributed by atoms with Crippen LogP contribution in [0.3, 0.4) is 0 Å². The van der Waals surface area contributed by atoms with Gasteiger partial charge in [-0.05, 0) is 38.4 Å². The molecule has 1 fully saturated rings. The molecule has 1 amide bonds. The number of nitrogens with zero attached hydrogens (tertiary/aromatic N) is 4. The number of hydrogen-bond donors (Lipinski definition) is 1. The molecule has 1 N–H and O–H groups in total. The van der Waals surface area contributed by atoms with Crippen LogP contribution in [-0.2, 0) is 0 Å². The molecule has 1 saturated heterocycles. The van der Waals surface area contributed by atoms with Gasteiger partial charge in [0.05, 0.1) is 12.8 Å². The van der Waals surface area contributed by atoms with Gasteiger partial charge in [0.2, 0.25) is 0 Å². The van der Waals surface area contributed by atoms with Crippen molar-refractivity contribution in [3.05, 3.63) is 48.3 Å². The molecule has 0 radical (unpaired) electrons. The third kappa shape index (κ3) is 4.92. The van der Waals surface area contributed by atoms with Crippen molar-refractivity contribution >= 4 is 17.3 Å². The molecule has 28 heavy (non-hydrogen) atoms. The molecule has 1 aliphatic heterocycles. The van der Waals surface area contributed by atoms with E-state index in [0.717, 1.165) is 43.3 Å². The van der Waals surface area contributed by atoms with Crippen molar-refractivity contribution in [1.29, 1.82) is 0 Å². The average molecular weight is 383 g/mol. The fraction of sp³-hybridized carbons (Fsp3) is 0.429. The maximum Gasteiger partial charge on any atom is 0.272 e. The van der Waals surface area contributed by atoms with Gasteiger partial charge >= 0.3 is 0 Å². The quantitative estimate of drug-likeness (QED) is 0.789. The number of hydrogen-bond acceptors (Lipinski definition) is 6. The van der Waals surface area contributed by atoms with Crippen molar-refractivity contribution in [1.82, 2.24) is 14.8 Å². The zero-order valence-corrected chi connectivity index (χ0v) is 16.9. The van der Waals surface area contributed by atoms with Crippen LogP contribution in [0.4, 0.5) is 11.4 Å². The van der Waals surface area contributed by atoms with Crippen LogP contribution in [0, 0.1) is 0 Å². The zero-order valence-electron chi connectivity index (χ0n) is 16.9. The van der Waals surface area contributed by atoms with Crippen LogP contribution in [0.1, 0.15) is 10.5 Å². The molecule has 0 aliphatic carbocycles. The maximum absolute atomic E-state index is 12.9. The summed E-state index contributed by atoms with van der Waals surface area (Å²) in [6.45, 7) is 4.62. The van der Waals surface area contributed by atoms with Crippen molar-refractivity contribution in [3.63, 3.8) is 0 Å². The van der Waals surface area contributed by atoms with Gasteiger partial charge in [-0.15, -0.1) is 0 Å². The molecule has 7 nitrogen and oxygen atoms in total. The number of carbonyl (C=O) groups excluding carboxylic acids is 1. The number of amides is 1. The Bertz CT molecular complexity index is 788. The predicted octanol–water partition coefficient (Wildman–Crippen LogP) is 2.03. The van der Waals surface area contributed by atoms with E-state index in [1.54, 1.807) is 13.3 Å². The SMILES string of the molecule is COc1ccccc1N1CCN(C(=O)c2cc(NCCN(C)C)ccn2)CC1. The minimum Gasteiger partial charge on any atom is -0.495 e. The van der Waals surface area contributed by atoms with E-state index in [0.29, 0.717) is 18.8 Å². The average Bonchev–Trinajstić information content (AvgIpc) is 2.73. The number of carbonyl (C=O) groups is 1. The highest BCUT2D eigenvalue weighted by Gasteiger charge is 2.24. The Labute approximate surface area is 166 Å². The summed E-state index contributed by atoms with van der Waals surface area (Å²) in [6, 6.07) is 11.7. The molecule has 3 rings (SSSR count). The van der Waals surface area contributed by atoms with Crippen LogP contribution in [0.25, 0.3) is 0 Å². The van der Waals surface area contributed by atoms with Gasteiger partial charge in [0, 0.05) is 51.2 Å². The number of rotatable bonds is 7. The second kappa shape index (κ2) is 9.41. The van der Waals surface area contributed by atoms with Crippen molar-refractivity contribution in [2.75, 3.05) is 70.7 Å². The fourth-order valence-electron chi connectivity index (χ4n) is 3.28. The van der Waals surface area contributed by atoms with Gasteiger partial charge in [-0.2, -0.15) is 0 Å². The second-order valence-corrected chi connectivity index (χ2v) is 7.11. The van der Waals surface area contributed by atoms with Crippen LogP contribution < -0.4 is 15.0 Å². The van der Waals surface area contributed by atoms with E-state index >= 15 is 0 Å². The molecule has 0 spiro atoms. The van der Waals surface area contributed by atoms with Crippen LogP contribution in [-0.4, -0.2) is 81.2 Å². The molecule has 0 saturated carbocycles. The first-order valence-corrected chi connectivity index (χ1v) is 9.60. The molecule has 2 aromatic rings. The third-order valence-corrected chi connectivity index (χ3v) is 4.86. The lowest BCUT2D eigenvalue weighted by Gasteiger charge is -2.36. The predicted molar refractivity (Wildman–Crippen MR) is 112 cm³/mol. The number of methoxy groups -OCH3 is 1. The summed E-state index contributed by atoms with van der Waals surface area (Å²) in [5.74, 6) is 0.844. The Morgan fingerprint density at radius 3 is 2.64 bits per heavy atom. The molecule has 1 aliphatic rings. The molecular weight excluding hydrogens is 354 g/mol. The normalized spacial score (nSPS) is 14.3. The van der Waals surface area contributed by atoms with Gasteiger partial charge < -0.3 is 24.8 Å². The van der Waals surface area contributed by atoms with Crippen molar-refractivity contribution < 1.29 is 9.53 Å². The number of benzene rings is 1. The van der Waals surface area contributed by atoms with Crippen molar-refractivity contribution in [2.45, 2.75) is 0 Å². The molecule has 1 aromatic carbocycles. The van der Waals surface area contributed by atoms with Gasteiger partial charge in [-0.3, -0.25) is 9.78 Å². The van der Waals surface area contributed by atoms with Gasteiger partial charge in [-0.25, -0.2) is 0 Å². The molecule has 0 unspecified atom stereocenters. The summed E-state index contributed by atoms with van der Waals surface area (Å²) < 4.78 is 5.46. The molecular formula is C21H29N5O2. The van der Waals surface area contributed by atoms with Crippen molar-refractivity contribution in [2.24, 2.45) is 0 Å². The summed E-state index contributed by atoms with van der Waals surface area (Å²) in [4.78, 5) is 23.4. The van der Waals surface area contributed by atoms with E-state index in [1.165, 1.54) is 0 Å². The number of likely N-dealkylation sites (N-methyl/N-ethyl adjacent to an activating group) is 1. The third-order valence-electron chi connectivity index (χ3n) is 4.86. The lowest BCUT2D eigenvalue weighted by atomic mass is 10.2. The second-order valence-electron chi connectivity index (χ2n) is 7.11. The van der Waals surface area contributed by atoms with Crippen molar-refractivity contribution in [3.8, 4) is 5.75 Å². The summed E-state index contributed by atoms with van der Waals surface area (Å²) in [5, 5.41) is 3.34. The lowest BCUT2D eigenvalue weighted by Crippen LogP contribution is -2.49. The topological polar surface area (TPSA) is 60.9 Å². The number of anilines is 2. The summed E-state index contributed by atoms with van der Waals surface area (Å²) >= 11 is 0. The Balaban J connectivity index is 1.59. The lowest BCUT2D eigenvalue weighted by molar-refractivity contribution is 0.0741. The first-order chi connectivity index (χ1) is 13.6. The van der Waals surface area contributed by atoms with E-state index in [-0.39, 0.29) is 5.91 Å². The Morgan fingerprint density at radius 2 is 1.93 bits per heavy atom. The Hall–Kier alpha value is -2.80. The van der Waals surface area contributed by atoms with E-state index in [4.69, 9.17) is 4.74 Å².